The molecule has 1 aliphatic carbocycles. The summed E-state index contributed by atoms with van der Waals surface area (Å²) < 4.78 is 40.2. The minimum absolute atomic E-state index is 0.172. The normalized spacial score (nSPS) is 17.2. The van der Waals surface area contributed by atoms with Crippen molar-refractivity contribution in [1.82, 2.24) is 4.90 Å². The Kier molecular flexibility index (Phi) is 6.96. The number of hydrogen-bond donors (Lipinski definition) is 1. The molecule has 0 bridgehead atoms. The third kappa shape index (κ3) is 6.56. The second kappa shape index (κ2) is 7.96. The Morgan fingerprint density at radius 1 is 1.17 bits per heavy atom. The summed E-state index contributed by atoms with van der Waals surface area (Å²) in [5.41, 5.74) is 5.48. The van der Waals surface area contributed by atoms with E-state index in [9.17, 15) is 13.2 Å². The van der Waals surface area contributed by atoms with Gasteiger partial charge in [-0.3, -0.25) is 0 Å². The standard InChI is InChI=1S/C12H23F3N2O/c13-12(14,15)10-18-9-3-8-17(7-2-6-16)11-4-1-5-11/h11H,1-10,16H2. The van der Waals surface area contributed by atoms with Crippen LogP contribution in [-0.4, -0.2) is 50.0 Å². The molecule has 0 heterocycles. The molecule has 0 unspecified atom stereocenters. The van der Waals surface area contributed by atoms with E-state index in [-0.39, 0.29) is 6.61 Å². The van der Waals surface area contributed by atoms with Crippen LogP contribution in [0, 0.1) is 0 Å². The van der Waals surface area contributed by atoms with Crippen LogP contribution in [0.3, 0.4) is 0 Å². The maximum Gasteiger partial charge on any atom is 0.411 e. The van der Waals surface area contributed by atoms with Crippen molar-refractivity contribution >= 4 is 0 Å². The van der Waals surface area contributed by atoms with Crippen molar-refractivity contribution in [3.8, 4) is 0 Å². The Hall–Kier alpha value is -0.330. The van der Waals surface area contributed by atoms with Gasteiger partial charge in [0.1, 0.15) is 6.61 Å². The van der Waals surface area contributed by atoms with E-state index in [4.69, 9.17) is 5.73 Å². The Morgan fingerprint density at radius 3 is 2.33 bits per heavy atom. The number of nitrogens with two attached hydrogens (primary N) is 1. The Labute approximate surface area is 106 Å². The molecule has 0 saturated heterocycles. The van der Waals surface area contributed by atoms with Gasteiger partial charge in [-0.15, -0.1) is 0 Å². The molecule has 6 heteroatoms. The van der Waals surface area contributed by atoms with Crippen molar-refractivity contribution < 1.29 is 17.9 Å². The molecule has 0 amide bonds. The number of ether oxygens (including phenoxy) is 1. The van der Waals surface area contributed by atoms with Crippen LogP contribution in [-0.2, 0) is 4.74 Å². The van der Waals surface area contributed by atoms with Gasteiger partial charge in [0.2, 0.25) is 0 Å². The van der Waals surface area contributed by atoms with Crippen molar-refractivity contribution in [3.63, 3.8) is 0 Å². The van der Waals surface area contributed by atoms with E-state index < -0.39 is 12.8 Å². The molecule has 0 aliphatic heterocycles. The van der Waals surface area contributed by atoms with E-state index in [0.29, 0.717) is 19.0 Å². The fourth-order valence-corrected chi connectivity index (χ4v) is 2.08. The van der Waals surface area contributed by atoms with E-state index in [1.165, 1.54) is 19.3 Å². The number of hydrogen-bond acceptors (Lipinski definition) is 3. The average molecular weight is 268 g/mol. The molecule has 0 atom stereocenters. The third-order valence-corrected chi connectivity index (χ3v) is 3.24. The average Bonchev–Trinajstić information content (AvgIpc) is 2.20. The lowest BCUT2D eigenvalue weighted by molar-refractivity contribution is -0.174. The van der Waals surface area contributed by atoms with Gasteiger partial charge in [-0.2, -0.15) is 13.2 Å². The van der Waals surface area contributed by atoms with Crippen LogP contribution in [0.1, 0.15) is 32.1 Å². The molecule has 0 aromatic heterocycles. The summed E-state index contributed by atoms with van der Waals surface area (Å²) in [6, 6.07) is 0.610. The number of nitrogens with zero attached hydrogens (tertiary/aromatic N) is 1. The minimum Gasteiger partial charge on any atom is -0.372 e. The fraction of sp³-hybridized carbons (Fsp3) is 1.00. The van der Waals surface area contributed by atoms with Gasteiger partial charge in [0.25, 0.3) is 0 Å². The summed E-state index contributed by atoms with van der Waals surface area (Å²) >= 11 is 0. The Balaban J connectivity index is 2.09. The zero-order valence-corrected chi connectivity index (χ0v) is 10.7. The highest BCUT2D eigenvalue weighted by Gasteiger charge is 2.27. The predicted molar refractivity (Wildman–Crippen MR) is 64.4 cm³/mol. The van der Waals surface area contributed by atoms with Crippen LogP contribution in [0.5, 0.6) is 0 Å². The first-order valence-electron chi connectivity index (χ1n) is 6.61. The summed E-state index contributed by atoms with van der Waals surface area (Å²) in [6.45, 7) is 1.45. The van der Waals surface area contributed by atoms with Crippen molar-refractivity contribution in [2.24, 2.45) is 5.73 Å². The van der Waals surface area contributed by atoms with Gasteiger partial charge in [-0.25, -0.2) is 0 Å². The molecule has 0 spiro atoms. The van der Waals surface area contributed by atoms with Gasteiger partial charge in [0, 0.05) is 19.2 Å². The van der Waals surface area contributed by atoms with Gasteiger partial charge in [-0.1, -0.05) is 6.42 Å². The third-order valence-electron chi connectivity index (χ3n) is 3.24. The highest BCUT2D eigenvalue weighted by Crippen LogP contribution is 2.25. The van der Waals surface area contributed by atoms with Crippen LogP contribution in [0.15, 0.2) is 0 Å². The summed E-state index contributed by atoms with van der Waals surface area (Å²) in [5.74, 6) is 0. The molecule has 1 fully saturated rings. The first kappa shape index (κ1) is 15.7. The van der Waals surface area contributed by atoms with Crippen LogP contribution in [0.2, 0.25) is 0 Å². The SMILES string of the molecule is NCCCN(CCCOCC(F)(F)F)C1CCC1. The summed E-state index contributed by atoms with van der Waals surface area (Å²) in [5, 5.41) is 0. The Bertz CT molecular complexity index is 220. The van der Waals surface area contributed by atoms with Gasteiger partial charge in [0.05, 0.1) is 0 Å². The molecule has 3 nitrogen and oxygen atoms in total. The topological polar surface area (TPSA) is 38.5 Å². The molecular formula is C12H23F3N2O. The predicted octanol–water partition coefficient (Wildman–Crippen LogP) is 2.16. The van der Waals surface area contributed by atoms with Crippen LogP contribution in [0.25, 0.3) is 0 Å². The van der Waals surface area contributed by atoms with Gasteiger partial charge in [-0.05, 0) is 38.8 Å². The van der Waals surface area contributed by atoms with Crippen LogP contribution >= 0.6 is 0 Å². The molecule has 0 aromatic carbocycles. The first-order chi connectivity index (χ1) is 8.53. The van der Waals surface area contributed by atoms with Gasteiger partial charge >= 0.3 is 6.18 Å². The largest absolute Gasteiger partial charge is 0.411 e. The van der Waals surface area contributed by atoms with E-state index >= 15 is 0 Å². The van der Waals surface area contributed by atoms with Crippen LogP contribution < -0.4 is 5.73 Å². The van der Waals surface area contributed by atoms with Crippen molar-refractivity contribution in [2.45, 2.75) is 44.3 Å². The molecule has 1 aliphatic rings. The summed E-state index contributed by atoms with van der Waals surface area (Å²) in [6.07, 6.45) is 1.04. The summed E-state index contributed by atoms with van der Waals surface area (Å²) in [4.78, 5) is 2.34. The Morgan fingerprint density at radius 2 is 1.83 bits per heavy atom. The number of alkyl halides is 3. The van der Waals surface area contributed by atoms with E-state index in [1.54, 1.807) is 0 Å². The second-order valence-electron chi connectivity index (χ2n) is 4.78. The van der Waals surface area contributed by atoms with E-state index in [2.05, 4.69) is 9.64 Å². The smallest absolute Gasteiger partial charge is 0.372 e. The lowest BCUT2D eigenvalue weighted by Crippen LogP contribution is -2.42. The first-order valence-corrected chi connectivity index (χ1v) is 6.61. The molecule has 1 saturated carbocycles. The zero-order chi connectivity index (χ0) is 13.4. The monoisotopic (exact) mass is 268 g/mol. The quantitative estimate of drug-likeness (QED) is 0.651. The molecule has 0 aromatic rings. The van der Waals surface area contributed by atoms with Crippen molar-refractivity contribution in [3.05, 3.63) is 0 Å². The van der Waals surface area contributed by atoms with E-state index in [1.807, 2.05) is 0 Å². The maximum atomic E-state index is 11.9. The maximum absolute atomic E-state index is 11.9. The van der Waals surface area contributed by atoms with E-state index in [0.717, 1.165) is 19.5 Å². The van der Waals surface area contributed by atoms with Crippen LogP contribution in [0.4, 0.5) is 13.2 Å². The summed E-state index contributed by atoms with van der Waals surface area (Å²) in [7, 11) is 0. The second-order valence-corrected chi connectivity index (χ2v) is 4.78. The highest BCUT2D eigenvalue weighted by molar-refractivity contribution is 4.79. The minimum atomic E-state index is -4.22. The molecule has 108 valence electrons. The van der Waals surface area contributed by atoms with Gasteiger partial charge < -0.3 is 15.4 Å². The molecule has 2 N–H and O–H groups in total. The molecule has 18 heavy (non-hydrogen) atoms. The number of rotatable bonds is 9. The molecule has 1 rings (SSSR count). The van der Waals surface area contributed by atoms with Crippen molar-refractivity contribution in [1.29, 1.82) is 0 Å². The fourth-order valence-electron chi connectivity index (χ4n) is 2.08. The lowest BCUT2D eigenvalue weighted by Gasteiger charge is -2.37. The molecular weight excluding hydrogens is 245 g/mol. The number of halogens is 3. The zero-order valence-electron chi connectivity index (χ0n) is 10.7. The van der Waals surface area contributed by atoms with Crippen molar-refractivity contribution in [2.75, 3.05) is 32.8 Å². The highest BCUT2D eigenvalue weighted by atomic mass is 19.4. The molecule has 0 radical (unpaired) electrons. The van der Waals surface area contributed by atoms with Gasteiger partial charge in [0.15, 0.2) is 0 Å². The lowest BCUT2D eigenvalue weighted by atomic mass is 9.91.